The Bertz CT molecular complexity index is 534. The second-order valence-electron chi connectivity index (χ2n) is 6.27. The van der Waals surface area contributed by atoms with E-state index in [4.69, 9.17) is 9.47 Å². The van der Waals surface area contributed by atoms with Gasteiger partial charge in [-0.1, -0.05) is 0 Å². The van der Waals surface area contributed by atoms with Crippen molar-refractivity contribution in [1.29, 1.82) is 0 Å². The molecule has 0 radical (unpaired) electrons. The van der Waals surface area contributed by atoms with Crippen LogP contribution in [0, 0.1) is 0 Å². The summed E-state index contributed by atoms with van der Waals surface area (Å²) in [4.78, 5) is 15.7. The molecule has 1 amide bonds. The lowest BCUT2D eigenvalue weighted by molar-refractivity contribution is -0.129. The number of hydrogen-bond donors (Lipinski definition) is 0. The number of sulfonamides is 1. The Hall–Kier alpha value is -0.740. The number of rotatable bonds is 3. The van der Waals surface area contributed by atoms with Crippen molar-refractivity contribution in [1.82, 2.24) is 14.1 Å². The van der Waals surface area contributed by atoms with E-state index in [-0.39, 0.29) is 37.0 Å². The minimum atomic E-state index is -3.48. The van der Waals surface area contributed by atoms with Crippen molar-refractivity contribution in [3.63, 3.8) is 0 Å². The minimum absolute atomic E-state index is 0.0623. The van der Waals surface area contributed by atoms with Gasteiger partial charge in [-0.15, -0.1) is 0 Å². The van der Waals surface area contributed by atoms with E-state index in [2.05, 4.69) is 4.90 Å². The van der Waals surface area contributed by atoms with Gasteiger partial charge in [0.1, 0.15) is 0 Å². The fourth-order valence-electron chi connectivity index (χ4n) is 3.08. The SMILES string of the molecule is CN(C)C(=O)CN1[C@@H]2CN(C3COC3)C[C@@H]2OCCS1(=O)=O. The highest BCUT2D eigenvalue weighted by Crippen LogP contribution is 2.28. The first kappa shape index (κ1) is 16.1. The van der Waals surface area contributed by atoms with Crippen LogP contribution in [0.2, 0.25) is 0 Å². The number of likely N-dealkylation sites (tertiary alicyclic amines) is 1. The number of ether oxygens (including phenoxy) is 2. The van der Waals surface area contributed by atoms with Crippen molar-refractivity contribution < 1.29 is 22.7 Å². The molecule has 126 valence electrons. The van der Waals surface area contributed by atoms with Crippen LogP contribution in [-0.2, 0) is 24.3 Å². The smallest absolute Gasteiger partial charge is 0.237 e. The van der Waals surface area contributed by atoms with Gasteiger partial charge in [0, 0.05) is 27.2 Å². The molecule has 3 aliphatic rings. The molecule has 0 saturated carbocycles. The third-order valence-corrected chi connectivity index (χ3v) is 6.39. The van der Waals surface area contributed by atoms with Gasteiger partial charge in [-0.25, -0.2) is 8.42 Å². The van der Waals surface area contributed by atoms with Gasteiger partial charge in [0.15, 0.2) is 0 Å². The maximum absolute atomic E-state index is 12.5. The lowest BCUT2D eigenvalue weighted by Crippen LogP contribution is -2.51. The Morgan fingerprint density at radius 1 is 1.27 bits per heavy atom. The lowest BCUT2D eigenvalue weighted by atomic mass is 10.2. The van der Waals surface area contributed by atoms with Crippen LogP contribution in [0.3, 0.4) is 0 Å². The summed E-state index contributed by atoms with van der Waals surface area (Å²) < 4.78 is 37.3. The van der Waals surface area contributed by atoms with Crippen LogP contribution < -0.4 is 0 Å². The zero-order valence-electron chi connectivity index (χ0n) is 13.0. The minimum Gasteiger partial charge on any atom is -0.378 e. The van der Waals surface area contributed by atoms with E-state index < -0.39 is 10.0 Å². The summed E-state index contributed by atoms with van der Waals surface area (Å²) in [5.41, 5.74) is 0. The molecule has 0 bridgehead atoms. The second-order valence-corrected chi connectivity index (χ2v) is 8.31. The molecule has 0 aromatic heterocycles. The Labute approximate surface area is 131 Å². The van der Waals surface area contributed by atoms with Gasteiger partial charge in [0.25, 0.3) is 0 Å². The number of fused-ring (bicyclic) bond motifs is 1. The van der Waals surface area contributed by atoms with E-state index in [0.717, 1.165) is 0 Å². The molecule has 3 saturated heterocycles. The summed E-state index contributed by atoms with van der Waals surface area (Å²) in [6.07, 6.45) is -0.173. The second kappa shape index (κ2) is 6.04. The normalized spacial score (nSPS) is 33.0. The number of carbonyl (C=O) groups excluding carboxylic acids is 1. The fourth-order valence-corrected chi connectivity index (χ4v) is 4.54. The topological polar surface area (TPSA) is 79.4 Å². The first-order valence-electron chi connectivity index (χ1n) is 7.51. The molecule has 0 aliphatic carbocycles. The average molecular weight is 333 g/mol. The van der Waals surface area contributed by atoms with E-state index in [9.17, 15) is 13.2 Å². The zero-order valence-corrected chi connectivity index (χ0v) is 13.8. The summed E-state index contributed by atoms with van der Waals surface area (Å²) in [7, 11) is -0.213. The summed E-state index contributed by atoms with van der Waals surface area (Å²) in [5, 5.41) is 0. The van der Waals surface area contributed by atoms with Crippen LogP contribution in [-0.4, -0.2) is 106 Å². The first-order chi connectivity index (χ1) is 10.4. The molecule has 8 nitrogen and oxygen atoms in total. The quantitative estimate of drug-likeness (QED) is 0.606. The molecule has 3 aliphatic heterocycles. The molecule has 0 N–H and O–H groups in total. The Morgan fingerprint density at radius 2 is 2.00 bits per heavy atom. The lowest BCUT2D eigenvalue weighted by Gasteiger charge is -2.35. The molecule has 2 atom stereocenters. The number of hydrogen-bond acceptors (Lipinski definition) is 6. The number of amides is 1. The van der Waals surface area contributed by atoms with Crippen molar-refractivity contribution in [2.45, 2.75) is 18.2 Å². The molecule has 0 spiro atoms. The van der Waals surface area contributed by atoms with E-state index >= 15 is 0 Å². The predicted octanol–water partition coefficient (Wildman–Crippen LogP) is -1.81. The summed E-state index contributed by atoms with van der Waals surface area (Å²) in [6, 6.07) is 0.0432. The van der Waals surface area contributed by atoms with Crippen LogP contribution in [0.4, 0.5) is 0 Å². The van der Waals surface area contributed by atoms with Crippen LogP contribution in [0.25, 0.3) is 0 Å². The van der Waals surface area contributed by atoms with Crippen molar-refractivity contribution >= 4 is 15.9 Å². The highest BCUT2D eigenvalue weighted by molar-refractivity contribution is 7.89. The molecule has 3 rings (SSSR count). The largest absolute Gasteiger partial charge is 0.378 e. The van der Waals surface area contributed by atoms with Crippen LogP contribution >= 0.6 is 0 Å². The molecule has 22 heavy (non-hydrogen) atoms. The van der Waals surface area contributed by atoms with Crippen molar-refractivity contribution in [2.75, 3.05) is 59.3 Å². The van der Waals surface area contributed by atoms with Gasteiger partial charge in [-0.3, -0.25) is 9.69 Å². The van der Waals surface area contributed by atoms with Crippen LogP contribution in [0.15, 0.2) is 0 Å². The molecule has 3 heterocycles. The van der Waals surface area contributed by atoms with Crippen molar-refractivity contribution in [3.8, 4) is 0 Å². The standard InChI is InChI=1S/C13H23N3O5S/c1-14(2)13(17)7-16-11-5-15(10-8-20-9-10)6-12(11)21-3-4-22(16,18)19/h10-12H,3-9H2,1-2H3/t11-,12+/m1/s1. The first-order valence-corrected chi connectivity index (χ1v) is 9.12. The van der Waals surface area contributed by atoms with Gasteiger partial charge >= 0.3 is 0 Å². The highest BCUT2D eigenvalue weighted by Gasteiger charge is 2.47. The number of likely N-dealkylation sites (N-methyl/N-ethyl adjacent to an activating group) is 1. The van der Waals surface area contributed by atoms with Gasteiger partial charge in [0.2, 0.25) is 15.9 Å². The highest BCUT2D eigenvalue weighted by atomic mass is 32.2. The van der Waals surface area contributed by atoms with Crippen molar-refractivity contribution in [2.24, 2.45) is 0 Å². The molecular weight excluding hydrogens is 310 g/mol. The maximum Gasteiger partial charge on any atom is 0.237 e. The number of nitrogens with zero attached hydrogens (tertiary/aromatic N) is 3. The average Bonchev–Trinajstić information content (AvgIpc) is 2.71. The molecule has 0 unspecified atom stereocenters. The molecule has 0 aromatic carbocycles. The summed E-state index contributed by atoms with van der Waals surface area (Å²) >= 11 is 0. The van der Waals surface area contributed by atoms with E-state index in [0.29, 0.717) is 32.3 Å². The van der Waals surface area contributed by atoms with Crippen LogP contribution in [0.1, 0.15) is 0 Å². The van der Waals surface area contributed by atoms with E-state index in [1.807, 2.05) is 0 Å². The summed E-state index contributed by atoms with van der Waals surface area (Å²) in [6.45, 7) is 2.73. The molecule has 0 aromatic rings. The third-order valence-electron chi connectivity index (χ3n) is 4.59. The monoisotopic (exact) mass is 333 g/mol. The Kier molecular flexibility index (Phi) is 4.43. The Morgan fingerprint density at radius 3 is 2.59 bits per heavy atom. The van der Waals surface area contributed by atoms with E-state index in [1.165, 1.54) is 9.21 Å². The Balaban J connectivity index is 1.80. The molecule has 3 fully saturated rings. The molecular formula is C13H23N3O5S. The van der Waals surface area contributed by atoms with Gasteiger partial charge in [-0.05, 0) is 0 Å². The van der Waals surface area contributed by atoms with Crippen molar-refractivity contribution in [3.05, 3.63) is 0 Å². The molecule has 9 heteroatoms. The maximum atomic E-state index is 12.5. The predicted molar refractivity (Wildman–Crippen MR) is 78.9 cm³/mol. The van der Waals surface area contributed by atoms with E-state index in [1.54, 1.807) is 14.1 Å². The zero-order chi connectivity index (χ0) is 15.9. The number of carbonyl (C=O) groups is 1. The third kappa shape index (κ3) is 3.00. The van der Waals surface area contributed by atoms with Gasteiger partial charge in [-0.2, -0.15) is 4.31 Å². The fraction of sp³-hybridized carbons (Fsp3) is 0.923. The van der Waals surface area contributed by atoms with Gasteiger partial charge < -0.3 is 14.4 Å². The van der Waals surface area contributed by atoms with Crippen LogP contribution in [0.5, 0.6) is 0 Å². The summed E-state index contributed by atoms with van der Waals surface area (Å²) in [5.74, 6) is -0.276. The van der Waals surface area contributed by atoms with Gasteiger partial charge in [0.05, 0.1) is 50.3 Å².